The van der Waals surface area contributed by atoms with Crippen molar-refractivity contribution >= 4 is 24.6 Å². The number of carbonyl (C=O) groups is 2. The average molecular weight is 345 g/mol. The van der Waals surface area contributed by atoms with Crippen LogP contribution in [0, 0.1) is 0 Å². The van der Waals surface area contributed by atoms with Crippen molar-refractivity contribution < 1.29 is 24.0 Å². The highest BCUT2D eigenvalue weighted by Gasteiger charge is 2.52. The number of hydrogen-bond donors (Lipinski definition) is 1. The van der Waals surface area contributed by atoms with E-state index in [0.29, 0.717) is 12.0 Å². The number of fused-ring (bicyclic) bond motifs is 1. The van der Waals surface area contributed by atoms with Gasteiger partial charge in [0.25, 0.3) is 5.91 Å². The lowest BCUT2D eigenvalue weighted by molar-refractivity contribution is 0.00578. The molecule has 2 amide bonds. The molecular formula is C18H24BNO5. The normalized spacial score (nSPS) is 23.9. The van der Waals surface area contributed by atoms with Crippen molar-refractivity contribution in [3.63, 3.8) is 0 Å². The van der Waals surface area contributed by atoms with Gasteiger partial charge in [-0.05, 0) is 51.2 Å². The summed E-state index contributed by atoms with van der Waals surface area (Å²) in [6, 6.07) is 4.88. The van der Waals surface area contributed by atoms with E-state index in [1.54, 1.807) is 12.1 Å². The van der Waals surface area contributed by atoms with Gasteiger partial charge in [0.2, 0.25) is 0 Å². The van der Waals surface area contributed by atoms with Crippen LogP contribution in [0.25, 0.3) is 0 Å². The first-order valence-electron chi connectivity index (χ1n) is 8.65. The molecule has 1 atom stereocenters. The van der Waals surface area contributed by atoms with Crippen molar-refractivity contribution in [3.05, 3.63) is 29.3 Å². The van der Waals surface area contributed by atoms with Crippen LogP contribution in [0.3, 0.4) is 0 Å². The minimum Gasteiger partial charge on any atom is -0.465 e. The fraction of sp³-hybridized carbons (Fsp3) is 0.556. The van der Waals surface area contributed by atoms with Gasteiger partial charge >= 0.3 is 13.2 Å². The van der Waals surface area contributed by atoms with Gasteiger partial charge in [0.15, 0.2) is 0 Å². The fourth-order valence-corrected chi connectivity index (χ4v) is 3.37. The van der Waals surface area contributed by atoms with Crippen molar-refractivity contribution in [2.75, 3.05) is 0 Å². The van der Waals surface area contributed by atoms with Crippen molar-refractivity contribution in [1.29, 1.82) is 0 Å². The Balaban J connectivity index is 1.98. The zero-order valence-electron chi connectivity index (χ0n) is 15.3. The van der Waals surface area contributed by atoms with E-state index in [1.165, 1.54) is 0 Å². The number of carbonyl (C=O) groups excluding carboxylic acids is 1. The molecule has 1 fully saturated rings. The Morgan fingerprint density at radius 3 is 2.36 bits per heavy atom. The first-order valence-corrected chi connectivity index (χ1v) is 8.65. The maximum Gasteiger partial charge on any atom is 0.494 e. The van der Waals surface area contributed by atoms with Gasteiger partial charge in [-0.3, -0.25) is 4.79 Å². The van der Waals surface area contributed by atoms with Crippen LogP contribution in [-0.2, 0) is 9.31 Å². The maximum absolute atomic E-state index is 12.4. The van der Waals surface area contributed by atoms with Crippen LogP contribution in [0.1, 0.15) is 69.4 Å². The summed E-state index contributed by atoms with van der Waals surface area (Å²) in [4.78, 5) is 24.9. The lowest BCUT2D eigenvalue weighted by atomic mass is 9.77. The fourth-order valence-electron chi connectivity index (χ4n) is 3.37. The molecule has 0 radical (unpaired) electrons. The Morgan fingerprint density at radius 1 is 1.24 bits per heavy atom. The lowest BCUT2D eigenvalue weighted by Gasteiger charge is -2.32. The molecule has 3 rings (SSSR count). The van der Waals surface area contributed by atoms with Crippen LogP contribution >= 0.6 is 0 Å². The largest absolute Gasteiger partial charge is 0.494 e. The van der Waals surface area contributed by atoms with E-state index < -0.39 is 36.4 Å². The van der Waals surface area contributed by atoms with Crippen LogP contribution in [0.4, 0.5) is 4.79 Å². The summed E-state index contributed by atoms with van der Waals surface area (Å²) in [5, 5.41) is 9.43. The van der Waals surface area contributed by atoms with Gasteiger partial charge in [0.1, 0.15) is 0 Å². The third-order valence-corrected chi connectivity index (χ3v) is 5.49. The Bertz CT molecular complexity index is 714. The van der Waals surface area contributed by atoms with Crippen LogP contribution in [0.2, 0.25) is 0 Å². The average Bonchev–Trinajstić information content (AvgIpc) is 2.90. The molecule has 1 N–H and O–H groups in total. The molecule has 0 saturated carbocycles. The van der Waals surface area contributed by atoms with Gasteiger partial charge in [-0.15, -0.1) is 0 Å². The van der Waals surface area contributed by atoms with Gasteiger partial charge in [0, 0.05) is 5.56 Å². The second-order valence-electron chi connectivity index (χ2n) is 7.70. The number of imide groups is 1. The van der Waals surface area contributed by atoms with Crippen LogP contribution < -0.4 is 5.46 Å². The van der Waals surface area contributed by atoms with E-state index in [-0.39, 0.29) is 0 Å². The minimum atomic E-state index is -1.21. The minimum absolute atomic E-state index is 0.445. The van der Waals surface area contributed by atoms with Crippen LogP contribution in [0.15, 0.2) is 18.2 Å². The predicted molar refractivity (Wildman–Crippen MR) is 94.0 cm³/mol. The summed E-state index contributed by atoms with van der Waals surface area (Å²) in [5.74, 6) is -0.457. The van der Waals surface area contributed by atoms with Crippen LogP contribution in [-0.4, -0.2) is 40.3 Å². The van der Waals surface area contributed by atoms with Crippen molar-refractivity contribution in [2.24, 2.45) is 0 Å². The molecule has 6 nitrogen and oxygen atoms in total. The molecule has 2 aliphatic rings. The summed E-state index contributed by atoms with van der Waals surface area (Å²) in [5.41, 5.74) is 1.08. The second-order valence-corrected chi connectivity index (χ2v) is 7.70. The van der Waals surface area contributed by atoms with Gasteiger partial charge in [0.05, 0.1) is 17.2 Å². The molecule has 2 heterocycles. The summed E-state index contributed by atoms with van der Waals surface area (Å²) < 4.78 is 12.1. The molecule has 0 bridgehead atoms. The Hall–Kier alpha value is -1.86. The molecular weight excluding hydrogens is 321 g/mol. The number of rotatable bonds is 3. The van der Waals surface area contributed by atoms with Crippen molar-refractivity contribution in [2.45, 2.75) is 64.7 Å². The molecule has 0 spiro atoms. The van der Waals surface area contributed by atoms with Crippen molar-refractivity contribution in [1.82, 2.24) is 4.90 Å². The summed E-state index contributed by atoms with van der Waals surface area (Å²) >= 11 is 0. The highest BCUT2D eigenvalue weighted by Crippen LogP contribution is 2.39. The van der Waals surface area contributed by atoms with E-state index in [1.807, 2.05) is 40.7 Å². The summed E-state index contributed by atoms with van der Waals surface area (Å²) in [6.07, 6.45) is 0.163. The third kappa shape index (κ3) is 2.75. The Morgan fingerprint density at radius 2 is 1.84 bits per heavy atom. The SMILES string of the molecule is CCCC1c2cc(B3OC(C)(C)C(C)(C)O3)ccc2C(=O)N1C(=O)O. The van der Waals surface area contributed by atoms with E-state index in [2.05, 4.69) is 0 Å². The molecule has 1 saturated heterocycles. The summed E-state index contributed by atoms with van der Waals surface area (Å²) in [6.45, 7) is 9.90. The highest BCUT2D eigenvalue weighted by atomic mass is 16.7. The Kier molecular flexibility index (Phi) is 4.20. The first kappa shape index (κ1) is 18.0. The second kappa shape index (κ2) is 5.85. The third-order valence-electron chi connectivity index (χ3n) is 5.49. The maximum atomic E-state index is 12.4. The number of benzene rings is 1. The number of nitrogens with zero attached hydrogens (tertiary/aromatic N) is 1. The molecule has 1 unspecified atom stereocenters. The topological polar surface area (TPSA) is 76.1 Å². The number of hydrogen-bond acceptors (Lipinski definition) is 4. The van der Waals surface area contributed by atoms with E-state index in [4.69, 9.17) is 9.31 Å². The molecule has 1 aromatic rings. The summed E-state index contributed by atoms with van der Waals surface area (Å²) in [7, 11) is -0.536. The molecule has 25 heavy (non-hydrogen) atoms. The molecule has 7 heteroatoms. The Labute approximate surface area is 148 Å². The molecule has 2 aliphatic heterocycles. The first-order chi connectivity index (χ1) is 11.6. The predicted octanol–water partition coefficient (Wildman–Crippen LogP) is 2.96. The zero-order valence-corrected chi connectivity index (χ0v) is 15.3. The molecule has 134 valence electrons. The standard InChI is InChI=1S/C18H24BNO5/c1-6-7-14-13-10-11(19-24-17(2,3)18(4,5)25-19)8-9-12(13)15(21)20(14)16(22)23/h8-10,14H,6-7H2,1-5H3,(H,22,23). The number of carboxylic acid groups (broad SMARTS) is 1. The smallest absolute Gasteiger partial charge is 0.465 e. The monoisotopic (exact) mass is 345 g/mol. The van der Waals surface area contributed by atoms with Gasteiger partial charge in [-0.25, -0.2) is 9.69 Å². The molecule has 0 aliphatic carbocycles. The number of amides is 2. The molecule has 0 aromatic heterocycles. The highest BCUT2D eigenvalue weighted by molar-refractivity contribution is 6.62. The zero-order chi connectivity index (χ0) is 18.6. The lowest BCUT2D eigenvalue weighted by Crippen LogP contribution is -2.41. The molecule has 1 aromatic carbocycles. The quantitative estimate of drug-likeness (QED) is 0.853. The van der Waals surface area contributed by atoms with Gasteiger partial charge < -0.3 is 14.4 Å². The van der Waals surface area contributed by atoms with Crippen LogP contribution in [0.5, 0.6) is 0 Å². The van der Waals surface area contributed by atoms with E-state index in [9.17, 15) is 14.7 Å². The van der Waals surface area contributed by atoms with Crippen molar-refractivity contribution in [3.8, 4) is 0 Å². The van der Waals surface area contributed by atoms with Gasteiger partial charge in [-0.1, -0.05) is 25.5 Å². The van der Waals surface area contributed by atoms with Gasteiger partial charge in [-0.2, -0.15) is 0 Å². The van der Waals surface area contributed by atoms with E-state index in [0.717, 1.165) is 22.3 Å². The van der Waals surface area contributed by atoms with E-state index >= 15 is 0 Å².